The monoisotopic (exact) mass is 397 g/mol. The van der Waals surface area contributed by atoms with Crippen LogP contribution < -0.4 is 10.9 Å². The average Bonchev–Trinajstić information content (AvgIpc) is 3.08. The molecule has 5 nitrogen and oxygen atoms in total. The standard InChI is InChI=1S/C22H27N3O2S/c1-14(2)5-8-16(4)24-19(26)11-25-13-23-21-20(22(25)27)18(12-28-21)17-9-6-15(3)7-10-17/h6-7,9-10,12-14,16H,5,8,11H2,1-4H3,(H,24,26)/t16-/m0/s1. The highest BCUT2D eigenvalue weighted by Crippen LogP contribution is 2.30. The maximum absolute atomic E-state index is 13.0. The zero-order chi connectivity index (χ0) is 20.3. The van der Waals surface area contributed by atoms with Crippen molar-refractivity contribution in [3.05, 3.63) is 51.9 Å². The van der Waals surface area contributed by atoms with Crippen molar-refractivity contribution in [1.82, 2.24) is 14.9 Å². The Bertz CT molecular complexity index is 1020. The second kappa shape index (κ2) is 8.69. The Balaban J connectivity index is 1.82. The first-order valence-electron chi connectivity index (χ1n) is 9.68. The summed E-state index contributed by atoms with van der Waals surface area (Å²) in [6.07, 6.45) is 3.46. The smallest absolute Gasteiger partial charge is 0.263 e. The van der Waals surface area contributed by atoms with E-state index < -0.39 is 0 Å². The Kier molecular flexibility index (Phi) is 6.29. The molecule has 0 fully saturated rings. The molecule has 6 heteroatoms. The molecule has 0 bridgehead atoms. The van der Waals surface area contributed by atoms with Crippen molar-refractivity contribution < 1.29 is 4.79 Å². The van der Waals surface area contributed by atoms with Crippen molar-refractivity contribution in [3.63, 3.8) is 0 Å². The fraction of sp³-hybridized carbons (Fsp3) is 0.409. The lowest BCUT2D eigenvalue weighted by Gasteiger charge is -2.15. The Morgan fingerprint density at radius 2 is 1.89 bits per heavy atom. The van der Waals surface area contributed by atoms with Gasteiger partial charge < -0.3 is 5.32 Å². The summed E-state index contributed by atoms with van der Waals surface area (Å²) in [7, 11) is 0. The topological polar surface area (TPSA) is 64.0 Å². The first-order chi connectivity index (χ1) is 13.3. The fourth-order valence-electron chi connectivity index (χ4n) is 3.16. The minimum Gasteiger partial charge on any atom is -0.352 e. The Morgan fingerprint density at radius 1 is 1.18 bits per heavy atom. The van der Waals surface area contributed by atoms with E-state index in [-0.39, 0.29) is 24.1 Å². The average molecular weight is 398 g/mol. The molecule has 3 rings (SSSR count). The van der Waals surface area contributed by atoms with Crippen LogP contribution >= 0.6 is 11.3 Å². The molecule has 1 amide bonds. The van der Waals surface area contributed by atoms with Crippen LogP contribution in [0, 0.1) is 12.8 Å². The molecule has 0 aliphatic heterocycles. The molecular weight excluding hydrogens is 370 g/mol. The van der Waals surface area contributed by atoms with Gasteiger partial charge in [0, 0.05) is 17.0 Å². The quantitative estimate of drug-likeness (QED) is 0.644. The molecule has 0 aliphatic rings. The van der Waals surface area contributed by atoms with Crippen LogP contribution in [0.5, 0.6) is 0 Å². The lowest BCUT2D eigenvalue weighted by atomic mass is 10.0. The van der Waals surface area contributed by atoms with E-state index in [9.17, 15) is 9.59 Å². The number of aromatic nitrogens is 2. The van der Waals surface area contributed by atoms with Gasteiger partial charge in [-0.05, 0) is 38.2 Å². The first-order valence-corrected chi connectivity index (χ1v) is 10.6. The molecule has 1 atom stereocenters. The molecule has 0 saturated heterocycles. The van der Waals surface area contributed by atoms with Gasteiger partial charge in [-0.15, -0.1) is 11.3 Å². The molecular formula is C22H27N3O2S. The third-order valence-electron chi connectivity index (χ3n) is 4.82. The number of rotatable bonds is 7. The number of nitrogens with one attached hydrogen (secondary N) is 1. The van der Waals surface area contributed by atoms with Gasteiger partial charge in [0.15, 0.2) is 0 Å². The highest BCUT2D eigenvalue weighted by molar-refractivity contribution is 7.17. The maximum Gasteiger partial charge on any atom is 0.263 e. The van der Waals surface area contributed by atoms with Crippen LogP contribution in [-0.4, -0.2) is 21.5 Å². The van der Waals surface area contributed by atoms with Gasteiger partial charge in [0.25, 0.3) is 5.56 Å². The van der Waals surface area contributed by atoms with Gasteiger partial charge in [0.05, 0.1) is 11.7 Å². The van der Waals surface area contributed by atoms with E-state index in [1.54, 1.807) is 0 Å². The van der Waals surface area contributed by atoms with Crippen LogP contribution in [0.2, 0.25) is 0 Å². The highest BCUT2D eigenvalue weighted by Gasteiger charge is 2.15. The van der Waals surface area contributed by atoms with Crippen molar-refractivity contribution in [2.45, 2.75) is 53.1 Å². The molecule has 0 radical (unpaired) electrons. The summed E-state index contributed by atoms with van der Waals surface area (Å²) in [5, 5.41) is 5.52. The zero-order valence-corrected chi connectivity index (χ0v) is 17.7. The van der Waals surface area contributed by atoms with Crippen molar-refractivity contribution >= 4 is 27.5 Å². The maximum atomic E-state index is 13.0. The summed E-state index contributed by atoms with van der Waals surface area (Å²) in [5.74, 6) is 0.444. The molecule has 2 aromatic heterocycles. The van der Waals surface area contributed by atoms with E-state index in [1.807, 2.05) is 43.5 Å². The van der Waals surface area contributed by atoms with Gasteiger partial charge >= 0.3 is 0 Å². The number of thiophene rings is 1. The summed E-state index contributed by atoms with van der Waals surface area (Å²) in [6.45, 7) is 8.35. The number of carbonyl (C=O) groups excluding carboxylic acids is 1. The number of hydrogen-bond acceptors (Lipinski definition) is 4. The van der Waals surface area contributed by atoms with Gasteiger partial charge in [-0.1, -0.05) is 43.7 Å². The number of nitrogens with zero attached hydrogens (tertiary/aromatic N) is 2. The van der Waals surface area contributed by atoms with Crippen molar-refractivity contribution in [2.24, 2.45) is 5.92 Å². The molecule has 0 unspecified atom stereocenters. The fourth-order valence-corrected chi connectivity index (χ4v) is 4.06. The Labute approximate surface area is 169 Å². The van der Waals surface area contributed by atoms with Crippen LogP contribution in [0.15, 0.2) is 40.8 Å². The van der Waals surface area contributed by atoms with Gasteiger partial charge in [-0.25, -0.2) is 4.98 Å². The summed E-state index contributed by atoms with van der Waals surface area (Å²) in [4.78, 5) is 30.5. The van der Waals surface area contributed by atoms with Crippen LogP contribution in [-0.2, 0) is 11.3 Å². The van der Waals surface area contributed by atoms with E-state index in [4.69, 9.17) is 0 Å². The predicted octanol–water partition coefficient (Wildman–Crippen LogP) is 4.37. The number of aryl methyl sites for hydroxylation is 1. The van der Waals surface area contributed by atoms with Crippen molar-refractivity contribution in [1.29, 1.82) is 0 Å². The van der Waals surface area contributed by atoms with Crippen LogP contribution in [0.25, 0.3) is 21.3 Å². The van der Waals surface area contributed by atoms with E-state index >= 15 is 0 Å². The van der Waals surface area contributed by atoms with Crippen molar-refractivity contribution in [2.75, 3.05) is 0 Å². The molecule has 3 aromatic rings. The Morgan fingerprint density at radius 3 is 2.57 bits per heavy atom. The summed E-state index contributed by atoms with van der Waals surface area (Å²) < 4.78 is 1.40. The van der Waals surface area contributed by atoms with Crippen LogP contribution in [0.1, 0.15) is 39.2 Å². The number of carbonyl (C=O) groups is 1. The first kappa shape index (κ1) is 20.3. The van der Waals surface area contributed by atoms with Crippen molar-refractivity contribution in [3.8, 4) is 11.1 Å². The molecule has 1 N–H and O–H groups in total. The molecule has 148 valence electrons. The minimum absolute atomic E-state index is 0.0169. The molecule has 1 aromatic carbocycles. The molecule has 0 saturated carbocycles. The number of hydrogen-bond donors (Lipinski definition) is 1. The normalized spacial score (nSPS) is 12.5. The van der Waals surface area contributed by atoms with Gasteiger partial charge in [0.1, 0.15) is 11.4 Å². The predicted molar refractivity (Wildman–Crippen MR) is 116 cm³/mol. The molecule has 0 aliphatic carbocycles. The van der Waals surface area contributed by atoms with Gasteiger partial charge in [-0.2, -0.15) is 0 Å². The number of fused-ring (bicyclic) bond motifs is 1. The van der Waals surface area contributed by atoms with E-state index in [2.05, 4.69) is 24.1 Å². The van der Waals surface area contributed by atoms with Crippen LogP contribution in [0.4, 0.5) is 0 Å². The largest absolute Gasteiger partial charge is 0.352 e. The highest BCUT2D eigenvalue weighted by atomic mass is 32.1. The van der Waals surface area contributed by atoms with E-state index in [0.717, 1.165) is 24.0 Å². The number of benzene rings is 1. The second-order valence-electron chi connectivity index (χ2n) is 7.81. The lowest BCUT2D eigenvalue weighted by molar-refractivity contribution is -0.122. The Hall–Kier alpha value is -2.47. The molecule has 28 heavy (non-hydrogen) atoms. The SMILES string of the molecule is Cc1ccc(-c2csc3ncn(CC(=O)N[C@@H](C)CCC(C)C)c(=O)c23)cc1. The van der Waals surface area contributed by atoms with Gasteiger partial charge in [-0.3, -0.25) is 14.2 Å². The van der Waals surface area contributed by atoms with E-state index in [1.165, 1.54) is 27.8 Å². The third-order valence-corrected chi connectivity index (χ3v) is 5.71. The molecule has 2 heterocycles. The lowest BCUT2D eigenvalue weighted by Crippen LogP contribution is -2.37. The van der Waals surface area contributed by atoms with Crippen LogP contribution in [0.3, 0.4) is 0 Å². The summed E-state index contributed by atoms with van der Waals surface area (Å²) in [6, 6.07) is 8.17. The van der Waals surface area contributed by atoms with E-state index in [0.29, 0.717) is 16.1 Å². The minimum atomic E-state index is -0.174. The second-order valence-corrected chi connectivity index (χ2v) is 8.67. The van der Waals surface area contributed by atoms with Gasteiger partial charge in [0.2, 0.25) is 5.91 Å². The summed E-state index contributed by atoms with van der Waals surface area (Å²) in [5.41, 5.74) is 2.85. The molecule has 0 spiro atoms. The zero-order valence-electron chi connectivity index (χ0n) is 16.9. The summed E-state index contributed by atoms with van der Waals surface area (Å²) >= 11 is 1.45. The third kappa shape index (κ3) is 4.68. The number of amides is 1.